The van der Waals surface area contributed by atoms with Gasteiger partial charge >= 0.3 is 0 Å². The van der Waals surface area contributed by atoms with Gasteiger partial charge in [-0.15, -0.1) is 0 Å². The Morgan fingerprint density at radius 3 is 2.47 bits per heavy atom. The first-order valence-corrected chi connectivity index (χ1v) is 10.8. The molecule has 0 bridgehead atoms. The molecule has 0 radical (unpaired) electrons. The first-order chi connectivity index (χ1) is 17.1. The van der Waals surface area contributed by atoms with Gasteiger partial charge in [0.1, 0.15) is 23.2 Å². The summed E-state index contributed by atoms with van der Waals surface area (Å²) in [5.74, 6) is -0.235. The maximum absolute atomic E-state index is 14.6. The van der Waals surface area contributed by atoms with Crippen molar-refractivity contribution in [1.82, 2.24) is 29.5 Å². The Labute approximate surface area is 205 Å². The third-order valence-corrected chi connectivity index (χ3v) is 5.77. The highest BCUT2D eigenvalue weighted by atomic mass is 19.1. The van der Waals surface area contributed by atoms with Crippen molar-refractivity contribution in [3.8, 4) is 22.8 Å². The lowest BCUT2D eigenvalue weighted by Gasteiger charge is -2.11. The Bertz CT molecular complexity index is 1550. The summed E-state index contributed by atoms with van der Waals surface area (Å²) in [6.45, 7) is 0.160. The molecule has 0 spiro atoms. The molecule has 180 valence electrons. The normalized spacial score (nSPS) is 12.1. The van der Waals surface area contributed by atoms with E-state index in [9.17, 15) is 8.78 Å². The molecule has 2 N–H and O–H groups in total. The van der Waals surface area contributed by atoms with Gasteiger partial charge in [0, 0.05) is 42.5 Å². The first-order valence-electron chi connectivity index (χ1n) is 10.8. The maximum Gasteiger partial charge on any atom is 0.227 e. The van der Waals surface area contributed by atoms with E-state index in [0.717, 1.165) is 22.6 Å². The molecule has 2 aromatic carbocycles. The second kappa shape index (κ2) is 9.14. The number of aromatic nitrogens is 6. The summed E-state index contributed by atoms with van der Waals surface area (Å²) >= 11 is 0. The van der Waals surface area contributed by atoms with E-state index in [1.165, 1.54) is 18.2 Å². The average Bonchev–Trinajstić information content (AvgIpc) is 3.49. The van der Waals surface area contributed by atoms with Crippen LogP contribution in [0.3, 0.4) is 0 Å². The van der Waals surface area contributed by atoms with E-state index in [-0.39, 0.29) is 25.2 Å². The number of aryl methyl sites for hydroxylation is 1. The summed E-state index contributed by atoms with van der Waals surface area (Å²) in [5, 5.41) is 3.21. The minimum Gasteiger partial charge on any atom is -0.345 e. The molecule has 0 amide bonds. The molecule has 0 atom stereocenters. The monoisotopic (exact) mass is 484 g/mol. The Morgan fingerprint density at radius 2 is 1.75 bits per heavy atom. The van der Waals surface area contributed by atoms with E-state index in [1.807, 2.05) is 24.3 Å². The van der Waals surface area contributed by atoms with Crippen LogP contribution in [0, 0.1) is 11.6 Å². The van der Waals surface area contributed by atoms with Gasteiger partial charge in [-0.2, -0.15) is 0 Å². The zero-order valence-corrected chi connectivity index (χ0v) is 18.5. The second-order valence-corrected chi connectivity index (χ2v) is 8.02. The van der Waals surface area contributed by atoms with Gasteiger partial charge < -0.3 is 14.9 Å². The second-order valence-electron chi connectivity index (χ2n) is 8.02. The van der Waals surface area contributed by atoms with E-state index in [2.05, 4.69) is 30.2 Å². The van der Waals surface area contributed by atoms with Gasteiger partial charge in [0.2, 0.25) is 5.95 Å². The van der Waals surface area contributed by atoms with E-state index in [4.69, 9.17) is 4.98 Å². The molecule has 0 saturated carbocycles. The van der Waals surface area contributed by atoms with Gasteiger partial charge in [-0.25, -0.2) is 28.7 Å². The topological polar surface area (TPSA) is 96.7 Å². The molecular formula is C26H22F2N8. The van der Waals surface area contributed by atoms with Crippen LogP contribution >= 0.6 is 0 Å². The van der Waals surface area contributed by atoms with Crippen molar-refractivity contribution in [2.45, 2.75) is 14.0 Å². The van der Waals surface area contributed by atoms with Crippen molar-refractivity contribution in [2.75, 3.05) is 5.32 Å². The Balaban J connectivity index is 0.00000267. The molecular weight excluding hydrogens is 462 g/mol. The van der Waals surface area contributed by atoms with Crippen LogP contribution in [0.15, 0.2) is 72.4 Å². The fourth-order valence-corrected chi connectivity index (χ4v) is 4.09. The lowest BCUT2D eigenvalue weighted by molar-refractivity contribution is 0.579. The van der Waals surface area contributed by atoms with Crippen LogP contribution in [0.1, 0.15) is 24.2 Å². The predicted molar refractivity (Wildman–Crippen MR) is 134 cm³/mol. The summed E-state index contributed by atoms with van der Waals surface area (Å²) in [6, 6.07) is 11.4. The third kappa shape index (κ3) is 3.92. The van der Waals surface area contributed by atoms with Crippen LogP contribution in [-0.2, 0) is 13.6 Å². The lowest BCUT2D eigenvalue weighted by Crippen LogP contribution is -2.11. The maximum atomic E-state index is 14.6. The molecule has 0 fully saturated rings. The molecule has 0 aliphatic carbocycles. The molecule has 8 nitrogen and oxygen atoms in total. The Kier molecular flexibility index (Phi) is 5.85. The third-order valence-electron chi connectivity index (χ3n) is 5.77. The number of nitrogens with zero attached hydrogens (tertiary/aromatic N) is 6. The Hall–Kier alpha value is -4.73. The molecule has 0 unspecified atom stereocenters. The molecule has 6 rings (SSSR count). The van der Waals surface area contributed by atoms with Crippen LogP contribution in [-0.4, -0.2) is 35.2 Å². The van der Waals surface area contributed by atoms with Crippen molar-refractivity contribution in [3.05, 3.63) is 95.8 Å². The first kappa shape index (κ1) is 23.0. The quantitative estimate of drug-likeness (QED) is 0.362. The molecule has 10 heteroatoms. The van der Waals surface area contributed by atoms with E-state index < -0.39 is 11.6 Å². The largest absolute Gasteiger partial charge is 0.345 e. The van der Waals surface area contributed by atoms with Crippen molar-refractivity contribution in [1.29, 1.82) is 0 Å². The van der Waals surface area contributed by atoms with Gasteiger partial charge in [-0.1, -0.05) is 13.5 Å². The number of imidazole rings is 2. The highest BCUT2D eigenvalue weighted by molar-refractivity contribution is 6.15. The fraction of sp³-hybridized carbons (Fsp3) is 0.115. The van der Waals surface area contributed by atoms with Gasteiger partial charge in [-0.3, -0.25) is 4.99 Å². The van der Waals surface area contributed by atoms with E-state index in [0.29, 0.717) is 23.0 Å². The minimum atomic E-state index is -0.697. The van der Waals surface area contributed by atoms with E-state index >= 15 is 0 Å². The predicted octanol–water partition coefficient (Wildman–Crippen LogP) is 5.28. The van der Waals surface area contributed by atoms with Gasteiger partial charge in [0.05, 0.1) is 35.5 Å². The average molecular weight is 485 g/mol. The van der Waals surface area contributed by atoms with Crippen LogP contribution in [0.2, 0.25) is 0 Å². The van der Waals surface area contributed by atoms with Crippen molar-refractivity contribution < 1.29 is 8.78 Å². The number of nitrogens with one attached hydrogen (secondary N) is 2. The number of H-pyrrole nitrogens is 1. The summed E-state index contributed by atoms with van der Waals surface area (Å²) in [6.07, 6.45) is 6.72. The van der Waals surface area contributed by atoms with Crippen LogP contribution in [0.4, 0.5) is 20.4 Å². The number of rotatable bonds is 4. The molecule has 36 heavy (non-hydrogen) atoms. The van der Waals surface area contributed by atoms with Crippen molar-refractivity contribution in [3.63, 3.8) is 0 Å². The highest BCUT2D eigenvalue weighted by Crippen LogP contribution is 2.32. The molecule has 1 aliphatic heterocycles. The number of fused-ring (bicyclic) bond motifs is 3. The number of anilines is 2. The number of benzene rings is 2. The van der Waals surface area contributed by atoms with Gasteiger partial charge in [-0.05, 0) is 36.4 Å². The number of aromatic amines is 1. The molecule has 5 aromatic rings. The molecule has 4 heterocycles. The lowest BCUT2D eigenvalue weighted by atomic mass is 10.0. The van der Waals surface area contributed by atoms with Gasteiger partial charge in [0.25, 0.3) is 0 Å². The smallest absolute Gasteiger partial charge is 0.227 e. The van der Waals surface area contributed by atoms with Crippen LogP contribution in [0.25, 0.3) is 22.8 Å². The summed E-state index contributed by atoms with van der Waals surface area (Å²) in [7, 11) is 1.80. The number of hydrogen-bond acceptors (Lipinski definition) is 6. The minimum absolute atomic E-state index is 0. The SMILES string of the molecule is C.Cn1cnc2c1-c1nc(Nc3ccc(-c4ncc[nH]4)cc3)ncc1CN=C2c1c(F)cccc1F. The summed E-state index contributed by atoms with van der Waals surface area (Å²) in [5.41, 5.74) is 3.98. The number of aliphatic imine (C=N–C) groups is 1. The zero-order chi connectivity index (χ0) is 23.9. The van der Waals surface area contributed by atoms with Crippen LogP contribution < -0.4 is 5.32 Å². The molecule has 0 saturated heterocycles. The van der Waals surface area contributed by atoms with Crippen LogP contribution in [0.5, 0.6) is 0 Å². The summed E-state index contributed by atoms with van der Waals surface area (Å²) in [4.78, 5) is 25.4. The number of hydrogen-bond donors (Lipinski definition) is 2. The zero-order valence-electron chi connectivity index (χ0n) is 18.5. The molecule has 3 aromatic heterocycles. The van der Waals surface area contributed by atoms with Crippen molar-refractivity contribution >= 4 is 17.3 Å². The van der Waals surface area contributed by atoms with Gasteiger partial charge in [0.15, 0.2) is 0 Å². The highest BCUT2D eigenvalue weighted by Gasteiger charge is 2.28. The fourth-order valence-electron chi connectivity index (χ4n) is 4.09. The standard InChI is InChI=1S/C25H18F2N8.CH4/c1-35-13-32-22-21(19-17(26)3-2-4-18(19)27)30-11-15-12-31-25(34-20(15)23(22)35)33-16-7-5-14(6-8-16)24-28-9-10-29-24;/h2-10,12-13H,11H2,1H3,(H,28,29)(H,31,33,34);1H4. The molecule has 1 aliphatic rings. The van der Waals surface area contributed by atoms with Crippen molar-refractivity contribution in [2.24, 2.45) is 12.0 Å². The Morgan fingerprint density at radius 1 is 0.972 bits per heavy atom. The number of halogens is 2. The summed E-state index contributed by atoms with van der Waals surface area (Å²) < 4.78 is 31.0. The van der Waals surface area contributed by atoms with E-state index in [1.54, 1.807) is 36.5 Å².